The number of benzene rings is 1. The summed E-state index contributed by atoms with van der Waals surface area (Å²) in [5.74, 6) is 0.533. The molecule has 1 saturated heterocycles. The van der Waals surface area contributed by atoms with E-state index < -0.39 is 11.8 Å². The molecule has 8 heteroatoms. The monoisotopic (exact) mass is 389 g/mol. The summed E-state index contributed by atoms with van der Waals surface area (Å²) in [5.41, 5.74) is 3.16. The van der Waals surface area contributed by atoms with Gasteiger partial charge in [0.2, 0.25) is 5.91 Å². The molecule has 27 heavy (non-hydrogen) atoms. The molecule has 3 amide bonds. The highest BCUT2D eigenvalue weighted by Gasteiger charge is 2.35. The lowest BCUT2D eigenvalue weighted by molar-refractivity contribution is -0.136. The third-order valence-corrected chi connectivity index (χ3v) is 6.77. The second-order valence-corrected chi connectivity index (χ2v) is 8.40. The van der Waals surface area contributed by atoms with Crippen LogP contribution in [-0.4, -0.2) is 55.0 Å². The highest BCUT2D eigenvalue weighted by molar-refractivity contribution is 7.99. The molecule has 1 aromatic rings. The Bertz CT molecular complexity index is 804. The van der Waals surface area contributed by atoms with E-state index in [1.165, 1.54) is 0 Å². The van der Waals surface area contributed by atoms with Gasteiger partial charge in [0.1, 0.15) is 0 Å². The van der Waals surface area contributed by atoms with Crippen molar-refractivity contribution in [3.63, 3.8) is 0 Å². The van der Waals surface area contributed by atoms with Crippen molar-refractivity contribution in [2.24, 2.45) is 0 Å². The van der Waals surface area contributed by atoms with Gasteiger partial charge in [0, 0.05) is 31.6 Å². The van der Waals surface area contributed by atoms with Crippen molar-refractivity contribution >= 4 is 40.9 Å². The first-order valence-corrected chi connectivity index (χ1v) is 10.3. The quantitative estimate of drug-likeness (QED) is 0.753. The van der Waals surface area contributed by atoms with Crippen molar-refractivity contribution in [3.8, 4) is 0 Å². The Kier molecular flexibility index (Phi) is 4.86. The van der Waals surface area contributed by atoms with Gasteiger partial charge in [-0.1, -0.05) is 0 Å². The van der Waals surface area contributed by atoms with Crippen LogP contribution in [0.5, 0.6) is 0 Å². The molecule has 1 unspecified atom stereocenters. The lowest BCUT2D eigenvalue weighted by Gasteiger charge is -2.27. The van der Waals surface area contributed by atoms with Crippen LogP contribution in [-0.2, 0) is 32.0 Å². The van der Waals surface area contributed by atoms with Gasteiger partial charge in [-0.3, -0.25) is 14.4 Å². The maximum atomic E-state index is 12.3. The molecule has 144 valence electrons. The van der Waals surface area contributed by atoms with E-state index in [0.717, 1.165) is 54.1 Å². The maximum Gasteiger partial charge on any atom is 0.313 e. The molecule has 7 nitrogen and oxygen atoms in total. The molecule has 0 radical (unpaired) electrons. The second kappa shape index (κ2) is 7.16. The Morgan fingerprint density at radius 3 is 2.85 bits per heavy atom. The van der Waals surface area contributed by atoms with Crippen LogP contribution in [0.2, 0.25) is 0 Å². The van der Waals surface area contributed by atoms with E-state index in [4.69, 9.17) is 4.74 Å². The first-order valence-electron chi connectivity index (χ1n) is 9.20. The molecule has 3 aliphatic heterocycles. The molecule has 2 N–H and O–H groups in total. The van der Waals surface area contributed by atoms with Crippen LogP contribution in [0.4, 0.5) is 11.4 Å². The van der Waals surface area contributed by atoms with E-state index in [9.17, 15) is 14.4 Å². The summed E-state index contributed by atoms with van der Waals surface area (Å²) in [7, 11) is 1.64. The van der Waals surface area contributed by atoms with Crippen LogP contribution in [0, 0.1) is 0 Å². The number of amides is 3. The minimum atomic E-state index is -0.698. The minimum Gasteiger partial charge on any atom is -0.376 e. The van der Waals surface area contributed by atoms with Crippen LogP contribution in [0.3, 0.4) is 0 Å². The Hall–Kier alpha value is -2.06. The first-order chi connectivity index (χ1) is 13.0. The number of hydrogen-bond donors (Lipinski definition) is 2. The van der Waals surface area contributed by atoms with Crippen molar-refractivity contribution < 1.29 is 19.1 Å². The number of carbonyl (C=O) groups is 3. The smallest absolute Gasteiger partial charge is 0.313 e. The number of aryl methyl sites for hydroxylation is 1. The average Bonchev–Trinajstić information content (AvgIpc) is 3.26. The van der Waals surface area contributed by atoms with E-state index in [1.54, 1.807) is 24.9 Å². The van der Waals surface area contributed by atoms with Crippen molar-refractivity contribution in [2.75, 3.05) is 41.9 Å². The fourth-order valence-corrected chi connectivity index (χ4v) is 5.42. The molecule has 1 atom stereocenters. The summed E-state index contributed by atoms with van der Waals surface area (Å²) < 4.78 is 5.55. The summed E-state index contributed by atoms with van der Waals surface area (Å²) in [6.07, 6.45) is 2.99. The molecular weight excluding hydrogens is 366 g/mol. The predicted molar refractivity (Wildman–Crippen MR) is 104 cm³/mol. The molecule has 1 fully saturated rings. The number of thioether (sulfide) groups is 1. The zero-order chi connectivity index (χ0) is 19.0. The minimum absolute atomic E-state index is 0.103. The third-order valence-electron chi connectivity index (χ3n) is 5.54. The molecular formula is C19H23N3O4S. The predicted octanol–water partition coefficient (Wildman–Crippen LogP) is 1.10. The zero-order valence-electron chi connectivity index (χ0n) is 15.3. The summed E-state index contributed by atoms with van der Waals surface area (Å²) in [5, 5.41) is 5.37. The Morgan fingerprint density at radius 2 is 2.11 bits per heavy atom. The number of nitrogens with one attached hydrogen (secondary N) is 2. The summed E-state index contributed by atoms with van der Waals surface area (Å²) in [6, 6.07) is 3.68. The number of methoxy groups -OCH3 is 1. The summed E-state index contributed by atoms with van der Waals surface area (Å²) in [6.45, 7) is 1.08. The third kappa shape index (κ3) is 3.43. The molecule has 0 aliphatic carbocycles. The van der Waals surface area contributed by atoms with Gasteiger partial charge in [-0.25, -0.2) is 0 Å². The largest absolute Gasteiger partial charge is 0.376 e. The molecule has 0 bridgehead atoms. The lowest BCUT2D eigenvalue weighted by Crippen LogP contribution is -2.47. The van der Waals surface area contributed by atoms with E-state index in [0.29, 0.717) is 18.7 Å². The van der Waals surface area contributed by atoms with Gasteiger partial charge in [-0.05, 0) is 48.3 Å². The molecule has 3 aliphatic rings. The van der Waals surface area contributed by atoms with Crippen molar-refractivity contribution in [1.29, 1.82) is 0 Å². The number of nitrogens with zero attached hydrogens (tertiary/aromatic N) is 1. The van der Waals surface area contributed by atoms with Gasteiger partial charge in [-0.15, -0.1) is 0 Å². The SMILES string of the molecule is COC1(CNC(=O)C(=O)Nc2cc3c4c(c2)CC(=O)N4CCC3)CCSC1. The number of ether oxygens (including phenoxy) is 1. The van der Waals surface area contributed by atoms with E-state index >= 15 is 0 Å². The Labute approximate surface area is 162 Å². The van der Waals surface area contributed by atoms with E-state index in [2.05, 4.69) is 10.6 Å². The van der Waals surface area contributed by atoms with Crippen LogP contribution >= 0.6 is 11.8 Å². The molecule has 3 heterocycles. The molecule has 4 rings (SSSR count). The van der Waals surface area contributed by atoms with Crippen molar-refractivity contribution in [1.82, 2.24) is 5.32 Å². The van der Waals surface area contributed by atoms with Gasteiger partial charge in [-0.2, -0.15) is 11.8 Å². The van der Waals surface area contributed by atoms with Crippen LogP contribution in [0.1, 0.15) is 24.0 Å². The number of hydrogen-bond acceptors (Lipinski definition) is 5. The van der Waals surface area contributed by atoms with Crippen molar-refractivity contribution in [2.45, 2.75) is 31.3 Å². The van der Waals surface area contributed by atoms with Crippen LogP contribution < -0.4 is 15.5 Å². The number of anilines is 2. The highest BCUT2D eigenvalue weighted by atomic mass is 32.2. The highest BCUT2D eigenvalue weighted by Crippen LogP contribution is 2.38. The van der Waals surface area contributed by atoms with Gasteiger partial charge in [0.25, 0.3) is 0 Å². The van der Waals surface area contributed by atoms with Crippen LogP contribution in [0.25, 0.3) is 0 Å². The molecule has 0 spiro atoms. The Balaban J connectivity index is 1.42. The molecule has 0 aromatic heterocycles. The Morgan fingerprint density at radius 1 is 1.30 bits per heavy atom. The first kappa shape index (κ1) is 18.3. The fraction of sp³-hybridized carbons (Fsp3) is 0.526. The lowest BCUT2D eigenvalue weighted by atomic mass is 9.99. The fourth-order valence-electron chi connectivity index (χ4n) is 4.02. The number of carbonyl (C=O) groups excluding carboxylic acids is 3. The second-order valence-electron chi connectivity index (χ2n) is 7.30. The normalized spacial score (nSPS) is 23.3. The summed E-state index contributed by atoms with van der Waals surface area (Å²) in [4.78, 5) is 38.5. The molecule has 1 aromatic carbocycles. The van der Waals surface area contributed by atoms with Gasteiger partial charge in [0.15, 0.2) is 0 Å². The topological polar surface area (TPSA) is 87.7 Å². The van der Waals surface area contributed by atoms with E-state index in [-0.39, 0.29) is 11.5 Å². The average molecular weight is 389 g/mol. The van der Waals surface area contributed by atoms with Crippen molar-refractivity contribution in [3.05, 3.63) is 23.3 Å². The maximum absolute atomic E-state index is 12.3. The number of rotatable bonds is 4. The van der Waals surface area contributed by atoms with Gasteiger partial charge >= 0.3 is 11.8 Å². The van der Waals surface area contributed by atoms with Gasteiger partial charge < -0.3 is 20.3 Å². The van der Waals surface area contributed by atoms with Crippen LogP contribution in [0.15, 0.2) is 12.1 Å². The molecule has 0 saturated carbocycles. The van der Waals surface area contributed by atoms with Gasteiger partial charge in [0.05, 0.1) is 17.7 Å². The van der Waals surface area contributed by atoms with E-state index in [1.807, 2.05) is 11.0 Å². The summed E-state index contributed by atoms with van der Waals surface area (Å²) >= 11 is 1.78. The standard InChI is InChI=1S/C19H23N3O4S/c1-26-19(4-6-27-11-19)10-20-17(24)18(25)21-14-7-12-3-2-5-22-15(23)9-13(8-14)16(12)22/h7-8H,2-6,9-11H2,1H3,(H,20,24)(H,21,25). The zero-order valence-corrected chi connectivity index (χ0v) is 16.1.